The minimum absolute atomic E-state index is 0.796. The molecule has 0 aromatic carbocycles. The molecule has 0 atom stereocenters. The van der Waals surface area contributed by atoms with Crippen LogP contribution in [0.2, 0.25) is 0 Å². The Bertz CT molecular complexity index is 299. The molecule has 0 saturated heterocycles. The molecular weight excluding hydrogens is 176 g/mol. The molecule has 0 bridgehead atoms. The summed E-state index contributed by atoms with van der Waals surface area (Å²) >= 11 is 0. The van der Waals surface area contributed by atoms with Crippen molar-refractivity contribution in [1.29, 1.82) is 0 Å². The van der Waals surface area contributed by atoms with E-state index in [0.717, 1.165) is 30.1 Å². The normalized spacial score (nSPS) is 26.6. The molecule has 2 rings (SSSR count). The Kier molecular flexibility index (Phi) is 2.52. The largest absolute Gasteiger partial charge is 0.230 e. The molecule has 0 aliphatic heterocycles. The van der Waals surface area contributed by atoms with Gasteiger partial charge in [0.05, 0.1) is 0 Å². The summed E-state index contributed by atoms with van der Waals surface area (Å²) in [5.41, 5.74) is 0. The third-order valence-corrected chi connectivity index (χ3v) is 3.36. The van der Waals surface area contributed by atoms with Gasteiger partial charge in [-0.3, -0.25) is 0 Å². The summed E-state index contributed by atoms with van der Waals surface area (Å²) in [6.45, 7) is 7.58. The lowest BCUT2D eigenvalue weighted by molar-refractivity contribution is 0.121. The summed E-state index contributed by atoms with van der Waals surface area (Å²) in [4.78, 5) is 0. The number of tetrazole rings is 1. The first-order valence-corrected chi connectivity index (χ1v) is 5.39. The van der Waals surface area contributed by atoms with Crippen molar-refractivity contribution < 1.29 is 0 Å². The van der Waals surface area contributed by atoms with Crippen LogP contribution in [0.4, 0.5) is 0 Å². The fraction of sp³-hybridized carbons (Fsp3) is 0.900. The lowest BCUT2D eigenvalue weighted by Crippen LogP contribution is -2.31. The quantitative estimate of drug-likeness (QED) is 0.735. The van der Waals surface area contributed by atoms with Gasteiger partial charge >= 0.3 is 0 Å². The standard InChI is InChI=1S/C10H18N4/c1-7(2)10-4-9(5-10)6-14-8(3)11-12-13-14/h7,9-10H,4-6H2,1-3H3. The highest BCUT2D eigenvalue weighted by Crippen LogP contribution is 2.39. The summed E-state index contributed by atoms with van der Waals surface area (Å²) in [5, 5.41) is 11.5. The van der Waals surface area contributed by atoms with Gasteiger partial charge in [0, 0.05) is 6.54 Å². The minimum atomic E-state index is 0.796. The number of aromatic nitrogens is 4. The van der Waals surface area contributed by atoms with Crippen LogP contribution >= 0.6 is 0 Å². The van der Waals surface area contributed by atoms with E-state index in [-0.39, 0.29) is 0 Å². The average molecular weight is 194 g/mol. The second kappa shape index (κ2) is 3.67. The van der Waals surface area contributed by atoms with E-state index < -0.39 is 0 Å². The Morgan fingerprint density at radius 1 is 1.43 bits per heavy atom. The summed E-state index contributed by atoms with van der Waals surface area (Å²) < 4.78 is 1.92. The van der Waals surface area contributed by atoms with E-state index in [0.29, 0.717) is 0 Å². The highest BCUT2D eigenvalue weighted by Gasteiger charge is 2.31. The molecule has 1 saturated carbocycles. The number of hydrogen-bond donors (Lipinski definition) is 0. The van der Waals surface area contributed by atoms with Crippen molar-refractivity contribution in [1.82, 2.24) is 20.2 Å². The minimum Gasteiger partial charge on any atom is -0.230 e. The molecule has 1 aliphatic carbocycles. The van der Waals surface area contributed by atoms with E-state index in [1.54, 1.807) is 0 Å². The van der Waals surface area contributed by atoms with Crippen LogP contribution < -0.4 is 0 Å². The van der Waals surface area contributed by atoms with Gasteiger partial charge in [-0.25, -0.2) is 4.68 Å². The predicted molar refractivity (Wildman–Crippen MR) is 53.6 cm³/mol. The Morgan fingerprint density at radius 3 is 2.64 bits per heavy atom. The first-order chi connectivity index (χ1) is 6.66. The van der Waals surface area contributed by atoms with Gasteiger partial charge in [-0.15, -0.1) is 5.10 Å². The molecule has 0 N–H and O–H groups in total. The number of nitrogens with zero attached hydrogens (tertiary/aromatic N) is 4. The van der Waals surface area contributed by atoms with Crippen molar-refractivity contribution in [3.8, 4) is 0 Å². The zero-order valence-electron chi connectivity index (χ0n) is 9.14. The van der Waals surface area contributed by atoms with Gasteiger partial charge < -0.3 is 0 Å². The van der Waals surface area contributed by atoms with Gasteiger partial charge in [0.2, 0.25) is 0 Å². The number of hydrogen-bond acceptors (Lipinski definition) is 3. The van der Waals surface area contributed by atoms with Gasteiger partial charge in [-0.2, -0.15) is 0 Å². The predicted octanol–water partition coefficient (Wildman–Crippen LogP) is 1.66. The van der Waals surface area contributed by atoms with E-state index >= 15 is 0 Å². The van der Waals surface area contributed by atoms with Crippen LogP contribution in [0.15, 0.2) is 0 Å². The Labute approximate surface area is 84.7 Å². The summed E-state index contributed by atoms with van der Waals surface area (Å²) in [5.74, 6) is 3.49. The molecule has 0 unspecified atom stereocenters. The SMILES string of the molecule is Cc1nnnn1CC1CC(C(C)C)C1. The highest BCUT2D eigenvalue weighted by molar-refractivity contribution is 4.83. The van der Waals surface area contributed by atoms with Gasteiger partial charge in [0.1, 0.15) is 5.82 Å². The second-order valence-corrected chi connectivity index (χ2v) is 4.75. The van der Waals surface area contributed by atoms with Gasteiger partial charge in [0.15, 0.2) is 0 Å². The van der Waals surface area contributed by atoms with Crippen LogP contribution in [-0.2, 0) is 6.54 Å². The Balaban J connectivity index is 1.82. The van der Waals surface area contributed by atoms with Gasteiger partial charge in [-0.05, 0) is 47.9 Å². The molecule has 1 fully saturated rings. The zero-order valence-corrected chi connectivity index (χ0v) is 9.14. The molecule has 0 amide bonds. The summed E-state index contributed by atoms with van der Waals surface area (Å²) in [7, 11) is 0. The molecule has 78 valence electrons. The maximum atomic E-state index is 3.96. The van der Waals surface area contributed by atoms with E-state index in [4.69, 9.17) is 0 Å². The topological polar surface area (TPSA) is 43.6 Å². The fourth-order valence-electron chi connectivity index (χ4n) is 2.14. The molecule has 4 nitrogen and oxygen atoms in total. The van der Waals surface area contributed by atoms with Gasteiger partial charge in [-0.1, -0.05) is 13.8 Å². The zero-order chi connectivity index (χ0) is 10.1. The molecule has 1 aliphatic rings. The molecule has 14 heavy (non-hydrogen) atoms. The summed E-state index contributed by atoms with van der Waals surface area (Å²) in [6, 6.07) is 0. The maximum absolute atomic E-state index is 3.96. The Morgan fingerprint density at radius 2 is 2.14 bits per heavy atom. The first-order valence-electron chi connectivity index (χ1n) is 5.39. The lowest BCUT2D eigenvalue weighted by Gasteiger charge is -2.37. The van der Waals surface area contributed by atoms with E-state index in [1.807, 2.05) is 11.6 Å². The molecular formula is C10H18N4. The van der Waals surface area contributed by atoms with Crippen LogP contribution in [0.5, 0.6) is 0 Å². The smallest absolute Gasteiger partial charge is 0.148 e. The van der Waals surface area contributed by atoms with Crippen molar-refractivity contribution in [2.75, 3.05) is 0 Å². The van der Waals surface area contributed by atoms with E-state index in [9.17, 15) is 0 Å². The third kappa shape index (κ3) is 1.79. The van der Waals surface area contributed by atoms with Crippen LogP contribution in [0, 0.1) is 24.7 Å². The van der Waals surface area contributed by atoms with Crippen molar-refractivity contribution in [2.45, 2.75) is 40.2 Å². The average Bonchev–Trinajstić information content (AvgIpc) is 2.42. The molecule has 1 aromatic heterocycles. The monoisotopic (exact) mass is 194 g/mol. The van der Waals surface area contributed by atoms with Crippen molar-refractivity contribution in [2.24, 2.45) is 17.8 Å². The molecule has 4 heteroatoms. The van der Waals surface area contributed by atoms with E-state index in [1.165, 1.54) is 12.8 Å². The van der Waals surface area contributed by atoms with E-state index in [2.05, 4.69) is 29.4 Å². The molecule has 1 aromatic rings. The van der Waals surface area contributed by atoms with Crippen molar-refractivity contribution >= 4 is 0 Å². The maximum Gasteiger partial charge on any atom is 0.148 e. The third-order valence-electron chi connectivity index (χ3n) is 3.36. The number of rotatable bonds is 3. The molecule has 0 radical (unpaired) electrons. The van der Waals surface area contributed by atoms with Crippen LogP contribution in [0.1, 0.15) is 32.5 Å². The van der Waals surface area contributed by atoms with Crippen LogP contribution in [0.3, 0.4) is 0 Å². The lowest BCUT2D eigenvalue weighted by atomic mass is 9.69. The summed E-state index contributed by atoms with van der Waals surface area (Å²) in [6.07, 6.45) is 2.69. The van der Waals surface area contributed by atoms with Gasteiger partial charge in [0.25, 0.3) is 0 Å². The van der Waals surface area contributed by atoms with Crippen LogP contribution in [-0.4, -0.2) is 20.2 Å². The van der Waals surface area contributed by atoms with Crippen LogP contribution in [0.25, 0.3) is 0 Å². The molecule has 1 heterocycles. The first kappa shape index (κ1) is 9.62. The highest BCUT2D eigenvalue weighted by atomic mass is 15.5. The second-order valence-electron chi connectivity index (χ2n) is 4.75. The van der Waals surface area contributed by atoms with Crippen molar-refractivity contribution in [3.63, 3.8) is 0 Å². The molecule has 0 spiro atoms. The Hall–Kier alpha value is -0.930. The van der Waals surface area contributed by atoms with Crippen molar-refractivity contribution in [3.05, 3.63) is 5.82 Å². The number of aryl methyl sites for hydroxylation is 1. The fourth-order valence-corrected chi connectivity index (χ4v) is 2.14.